The van der Waals surface area contributed by atoms with Crippen molar-refractivity contribution in [1.82, 2.24) is 10.3 Å². The molecule has 0 spiro atoms. The fourth-order valence-corrected chi connectivity index (χ4v) is 2.34. The summed E-state index contributed by atoms with van der Waals surface area (Å²) >= 11 is 0. The van der Waals surface area contributed by atoms with E-state index in [1.54, 1.807) is 13.3 Å². The highest BCUT2D eigenvalue weighted by molar-refractivity contribution is 5.47. The molecule has 0 aliphatic carbocycles. The van der Waals surface area contributed by atoms with Crippen LogP contribution in [-0.2, 0) is 6.42 Å². The number of nitrogens with two attached hydrogens (primary N) is 1. The lowest BCUT2D eigenvalue weighted by atomic mass is 9.98. The van der Waals surface area contributed by atoms with Crippen LogP contribution in [0.4, 0.5) is 5.69 Å². The number of nitrogens with one attached hydrogen (secondary N) is 1. The van der Waals surface area contributed by atoms with Gasteiger partial charge in [0.25, 0.3) is 0 Å². The summed E-state index contributed by atoms with van der Waals surface area (Å²) in [5.41, 5.74) is 9.01. The van der Waals surface area contributed by atoms with Crippen molar-refractivity contribution < 1.29 is 4.74 Å². The summed E-state index contributed by atoms with van der Waals surface area (Å²) in [6.07, 6.45) is 4.36. The van der Waals surface area contributed by atoms with Crippen LogP contribution in [-0.4, -0.2) is 18.6 Å². The number of methoxy groups -OCH3 is 1. The molecule has 3 N–H and O–H groups in total. The van der Waals surface area contributed by atoms with Gasteiger partial charge in [0.2, 0.25) is 0 Å². The first kappa shape index (κ1) is 14.3. The van der Waals surface area contributed by atoms with Gasteiger partial charge >= 0.3 is 0 Å². The first-order valence-electron chi connectivity index (χ1n) is 6.81. The van der Waals surface area contributed by atoms with Crippen molar-refractivity contribution >= 4 is 5.69 Å². The zero-order chi connectivity index (χ0) is 14.4. The molecule has 0 fully saturated rings. The van der Waals surface area contributed by atoms with Gasteiger partial charge in [-0.15, -0.1) is 0 Å². The third-order valence-electron chi connectivity index (χ3n) is 3.33. The molecule has 106 valence electrons. The zero-order valence-electron chi connectivity index (χ0n) is 12.0. The Morgan fingerprint density at radius 3 is 2.80 bits per heavy atom. The summed E-state index contributed by atoms with van der Waals surface area (Å²) in [4.78, 5) is 4.18. The van der Waals surface area contributed by atoms with Crippen molar-refractivity contribution in [2.75, 3.05) is 19.4 Å². The standard InChI is InChI=1S/C16H21N3O/c1-3-19-15(13-11-18-9-8-14(13)17)10-12-6-4-5-7-16(12)20-2/h4-9,11,15,19H,3,10H2,1-2H3,(H2,17,18). The Balaban J connectivity index is 2.28. The van der Waals surface area contributed by atoms with E-state index in [1.807, 2.05) is 30.5 Å². The summed E-state index contributed by atoms with van der Waals surface area (Å²) in [6, 6.07) is 10.0. The molecule has 1 unspecified atom stereocenters. The van der Waals surface area contributed by atoms with Crippen LogP contribution < -0.4 is 15.8 Å². The number of nitrogens with zero attached hydrogens (tertiary/aromatic N) is 1. The number of aromatic nitrogens is 1. The number of likely N-dealkylation sites (N-methyl/N-ethyl adjacent to an activating group) is 1. The van der Waals surface area contributed by atoms with Crippen molar-refractivity contribution in [2.24, 2.45) is 0 Å². The van der Waals surface area contributed by atoms with Crippen molar-refractivity contribution in [1.29, 1.82) is 0 Å². The molecule has 2 rings (SSSR count). The number of pyridine rings is 1. The molecule has 1 heterocycles. The van der Waals surface area contributed by atoms with E-state index in [4.69, 9.17) is 10.5 Å². The minimum absolute atomic E-state index is 0.130. The smallest absolute Gasteiger partial charge is 0.122 e. The number of hydrogen-bond acceptors (Lipinski definition) is 4. The average molecular weight is 271 g/mol. The van der Waals surface area contributed by atoms with E-state index in [1.165, 1.54) is 0 Å². The lowest BCUT2D eigenvalue weighted by molar-refractivity contribution is 0.405. The summed E-state index contributed by atoms with van der Waals surface area (Å²) in [5, 5.41) is 3.46. The Morgan fingerprint density at radius 2 is 2.10 bits per heavy atom. The largest absolute Gasteiger partial charge is 0.496 e. The summed E-state index contributed by atoms with van der Waals surface area (Å²) < 4.78 is 5.42. The molecule has 2 aromatic rings. The van der Waals surface area contributed by atoms with Crippen LogP contribution in [0, 0.1) is 0 Å². The second-order valence-corrected chi connectivity index (χ2v) is 4.63. The van der Waals surface area contributed by atoms with Crippen LogP contribution in [0.25, 0.3) is 0 Å². The summed E-state index contributed by atoms with van der Waals surface area (Å²) in [6.45, 7) is 2.95. The van der Waals surface area contributed by atoms with Gasteiger partial charge in [-0.1, -0.05) is 25.1 Å². The molecule has 20 heavy (non-hydrogen) atoms. The second kappa shape index (κ2) is 6.91. The van der Waals surface area contributed by atoms with E-state index >= 15 is 0 Å². The summed E-state index contributed by atoms with van der Waals surface area (Å²) in [7, 11) is 1.69. The van der Waals surface area contributed by atoms with E-state index in [-0.39, 0.29) is 6.04 Å². The van der Waals surface area contributed by atoms with Crippen LogP contribution in [0.5, 0.6) is 5.75 Å². The maximum atomic E-state index is 6.06. The highest BCUT2D eigenvalue weighted by Crippen LogP contribution is 2.27. The van der Waals surface area contributed by atoms with Gasteiger partial charge in [-0.3, -0.25) is 4.98 Å². The molecule has 0 saturated carbocycles. The van der Waals surface area contributed by atoms with E-state index in [2.05, 4.69) is 23.3 Å². The van der Waals surface area contributed by atoms with Gasteiger partial charge in [-0.25, -0.2) is 0 Å². The maximum Gasteiger partial charge on any atom is 0.122 e. The van der Waals surface area contributed by atoms with Crippen LogP contribution in [0.3, 0.4) is 0 Å². The van der Waals surface area contributed by atoms with E-state index < -0.39 is 0 Å². The lowest BCUT2D eigenvalue weighted by Crippen LogP contribution is -2.24. The van der Waals surface area contributed by atoms with Gasteiger partial charge in [-0.2, -0.15) is 0 Å². The van der Waals surface area contributed by atoms with E-state index in [9.17, 15) is 0 Å². The molecule has 0 aliphatic heterocycles. The SMILES string of the molecule is CCNC(Cc1ccccc1OC)c1cnccc1N. The van der Waals surface area contributed by atoms with Gasteiger partial charge in [0.05, 0.1) is 7.11 Å². The predicted octanol–water partition coefficient (Wildman–Crippen LogP) is 2.57. The van der Waals surface area contributed by atoms with Crippen molar-refractivity contribution in [2.45, 2.75) is 19.4 Å². The molecule has 0 bridgehead atoms. The number of anilines is 1. The predicted molar refractivity (Wildman–Crippen MR) is 81.8 cm³/mol. The fourth-order valence-electron chi connectivity index (χ4n) is 2.34. The van der Waals surface area contributed by atoms with Gasteiger partial charge < -0.3 is 15.8 Å². The van der Waals surface area contributed by atoms with Crippen LogP contribution in [0.1, 0.15) is 24.1 Å². The molecular weight excluding hydrogens is 250 g/mol. The van der Waals surface area contributed by atoms with Gasteiger partial charge in [-0.05, 0) is 30.7 Å². The number of benzene rings is 1. The topological polar surface area (TPSA) is 60.2 Å². The van der Waals surface area contributed by atoms with Crippen molar-refractivity contribution in [3.63, 3.8) is 0 Å². The Labute approximate surface area is 120 Å². The van der Waals surface area contributed by atoms with E-state index in [0.29, 0.717) is 0 Å². The highest BCUT2D eigenvalue weighted by Gasteiger charge is 2.16. The van der Waals surface area contributed by atoms with E-state index in [0.717, 1.165) is 35.5 Å². The molecule has 4 nitrogen and oxygen atoms in total. The molecule has 0 aliphatic rings. The van der Waals surface area contributed by atoms with Crippen LogP contribution in [0.15, 0.2) is 42.7 Å². The van der Waals surface area contributed by atoms with Gasteiger partial charge in [0.1, 0.15) is 5.75 Å². The minimum Gasteiger partial charge on any atom is -0.496 e. The first-order chi connectivity index (χ1) is 9.76. The quantitative estimate of drug-likeness (QED) is 0.847. The number of ether oxygens (including phenoxy) is 1. The van der Waals surface area contributed by atoms with Gasteiger partial charge in [0, 0.05) is 29.7 Å². The maximum absolute atomic E-state index is 6.06. The zero-order valence-corrected chi connectivity index (χ0v) is 12.0. The Kier molecular flexibility index (Phi) is 4.96. The number of para-hydroxylation sites is 1. The minimum atomic E-state index is 0.130. The van der Waals surface area contributed by atoms with Crippen molar-refractivity contribution in [3.8, 4) is 5.75 Å². The summed E-state index contributed by atoms with van der Waals surface area (Å²) in [5.74, 6) is 0.901. The molecule has 0 saturated heterocycles. The molecular formula is C16H21N3O. The lowest BCUT2D eigenvalue weighted by Gasteiger charge is -2.20. The third-order valence-corrected chi connectivity index (χ3v) is 3.33. The molecule has 1 atom stereocenters. The normalized spacial score (nSPS) is 12.1. The molecule has 0 amide bonds. The van der Waals surface area contributed by atoms with Gasteiger partial charge in [0.15, 0.2) is 0 Å². The van der Waals surface area contributed by atoms with Crippen LogP contribution in [0.2, 0.25) is 0 Å². The second-order valence-electron chi connectivity index (χ2n) is 4.63. The molecule has 1 aromatic heterocycles. The van der Waals surface area contributed by atoms with Crippen LogP contribution >= 0.6 is 0 Å². The monoisotopic (exact) mass is 271 g/mol. The molecule has 1 aromatic carbocycles. The highest BCUT2D eigenvalue weighted by atomic mass is 16.5. The first-order valence-corrected chi connectivity index (χ1v) is 6.81. The Hall–Kier alpha value is -2.07. The molecule has 4 heteroatoms. The number of rotatable bonds is 6. The number of nitrogen functional groups attached to an aromatic ring is 1. The molecule has 0 radical (unpaired) electrons. The Bertz CT molecular complexity index is 557. The Morgan fingerprint density at radius 1 is 1.30 bits per heavy atom. The average Bonchev–Trinajstić information content (AvgIpc) is 2.48. The van der Waals surface area contributed by atoms with Crippen molar-refractivity contribution in [3.05, 3.63) is 53.9 Å². The third kappa shape index (κ3) is 3.27. The number of hydrogen-bond donors (Lipinski definition) is 2. The fraction of sp³-hybridized carbons (Fsp3) is 0.312.